The van der Waals surface area contributed by atoms with Gasteiger partial charge in [-0.1, -0.05) is 11.6 Å². The Morgan fingerprint density at radius 2 is 2.14 bits per heavy atom. The highest BCUT2D eigenvalue weighted by Gasteiger charge is 2.11. The predicted molar refractivity (Wildman–Crippen MR) is 50.1 cm³/mol. The smallest absolute Gasteiger partial charge is 0.261 e. The molecule has 0 fully saturated rings. The molecule has 0 aliphatic rings. The Balaban J connectivity index is 3.03. The molecule has 0 atom stereocenters. The first-order valence-corrected chi connectivity index (χ1v) is 4.24. The molecule has 0 spiro atoms. The molecule has 0 aliphatic heterocycles. The average molecular weight is 234 g/mol. The molecule has 0 aromatic carbocycles. The Morgan fingerprint density at radius 3 is 2.86 bits per heavy atom. The van der Waals surface area contributed by atoms with Crippen LogP contribution in [0.15, 0.2) is 11.0 Å². The van der Waals surface area contributed by atoms with Gasteiger partial charge in [-0.15, -0.1) is 0 Å². The number of H-pyrrole nitrogens is 1. The molecule has 2 heterocycles. The van der Waals surface area contributed by atoms with Crippen molar-refractivity contribution in [1.29, 1.82) is 0 Å². The first-order valence-electron chi connectivity index (χ1n) is 3.49. The summed E-state index contributed by atoms with van der Waals surface area (Å²) in [6.07, 6.45) is 1.14. The van der Waals surface area contributed by atoms with Crippen LogP contribution in [-0.4, -0.2) is 15.0 Å². The van der Waals surface area contributed by atoms with Crippen LogP contribution in [0.5, 0.6) is 0 Å². The van der Waals surface area contributed by atoms with Crippen LogP contribution < -0.4 is 5.56 Å². The number of fused-ring (bicyclic) bond motifs is 1. The van der Waals surface area contributed by atoms with Crippen molar-refractivity contribution in [2.45, 2.75) is 0 Å². The van der Waals surface area contributed by atoms with Crippen LogP contribution in [0.2, 0.25) is 10.4 Å². The van der Waals surface area contributed by atoms with Crippen molar-refractivity contribution in [3.8, 4) is 0 Å². The highest BCUT2D eigenvalue weighted by atomic mass is 35.5. The van der Waals surface area contributed by atoms with E-state index >= 15 is 0 Å². The Bertz CT molecular complexity index is 569. The van der Waals surface area contributed by atoms with Crippen LogP contribution in [0.4, 0.5) is 4.39 Å². The van der Waals surface area contributed by atoms with Gasteiger partial charge in [0.1, 0.15) is 5.52 Å². The molecular formula is C7H2Cl2FN3O. The zero-order chi connectivity index (χ0) is 10.3. The third kappa shape index (κ3) is 1.34. The molecule has 0 amide bonds. The molecule has 14 heavy (non-hydrogen) atoms. The minimum Gasteiger partial charge on any atom is -0.297 e. The van der Waals surface area contributed by atoms with E-state index in [0.29, 0.717) is 0 Å². The Hall–Kier alpha value is -1.20. The predicted octanol–water partition coefficient (Wildman–Crippen LogP) is 1.76. The van der Waals surface area contributed by atoms with E-state index in [1.807, 2.05) is 0 Å². The maximum Gasteiger partial charge on any atom is 0.261 e. The first-order chi connectivity index (χ1) is 6.59. The first kappa shape index (κ1) is 9.36. The maximum atomic E-state index is 13.3. The summed E-state index contributed by atoms with van der Waals surface area (Å²) in [5.74, 6) is -0.850. The number of aromatic nitrogens is 3. The number of hydrogen-bond acceptors (Lipinski definition) is 3. The lowest BCUT2D eigenvalue weighted by atomic mass is 10.3. The lowest BCUT2D eigenvalue weighted by molar-refractivity contribution is 0.631. The largest absolute Gasteiger partial charge is 0.297 e. The van der Waals surface area contributed by atoms with Crippen molar-refractivity contribution < 1.29 is 4.39 Å². The molecule has 0 aliphatic carbocycles. The van der Waals surface area contributed by atoms with E-state index in [-0.39, 0.29) is 21.3 Å². The van der Waals surface area contributed by atoms with Crippen LogP contribution in [0.3, 0.4) is 0 Å². The van der Waals surface area contributed by atoms with Gasteiger partial charge >= 0.3 is 0 Å². The van der Waals surface area contributed by atoms with Crippen molar-refractivity contribution in [3.63, 3.8) is 0 Å². The molecule has 2 rings (SSSR count). The topological polar surface area (TPSA) is 58.6 Å². The molecule has 72 valence electrons. The second-order valence-electron chi connectivity index (χ2n) is 2.48. The molecule has 0 saturated heterocycles. The van der Waals surface area contributed by atoms with E-state index in [1.54, 1.807) is 0 Å². The number of pyridine rings is 1. The van der Waals surface area contributed by atoms with Gasteiger partial charge in [-0.05, 0) is 11.6 Å². The fourth-order valence-corrected chi connectivity index (χ4v) is 1.33. The number of hydrogen-bond donors (Lipinski definition) is 1. The minimum absolute atomic E-state index is 0.0105. The summed E-state index contributed by atoms with van der Waals surface area (Å²) < 4.78 is 13.3. The standard InChI is InChI=1S/C7H2Cl2FN3O/c8-5-3(10)4-2(1-11-5)6(14)13-7(9)12-4/h1H,(H,12,13,14). The lowest BCUT2D eigenvalue weighted by Gasteiger charge is -1.98. The number of aromatic amines is 1. The number of rotatable bonds is 0. The Labute approximate surface area is 86.7 Å². The molecule has 2 aromatic rings. The van der Waals surface area contributed by atoms with Crippen LogP contribution in [0.1, 0.15) is 0 Å². The minimum atomic E-state index is -0.850. The van der Waals surface area contributed by atoms with Gasteiger partial charge in [-0.25, -0.2) is 14.4 Å². The highest BCUT2D eigenvalue weighted by Crippen LogP contribution is 2.18. The lowest BCUT2D eigenvalue weighted by Crippen LogP contribution is -2.09. The zero-order valence-electron chi connectivity index (χ0n) is 6.51. The van der Waals surface area contributed by atoms with E-state index in [4.69, 9.17) is 23.2 Å². The monoisotopic (exact) mass is 233 g/mol. The average Bonchev–Trinajstić information content (AvgIpc) is 2.12. The SMILES string of the molecule is O=c1[nH]c(Cl)nc2c(F)c(Cl)ncc12. The van der Waals surface area contributed by atoms with Gasteiger partial charge < -0.3 is 0 Å². The van der Waals surface area contributed by atoms with E-state index in [1.165, 1.54) is 0 Å². The van der Waals surface area contributed by atoms with Gasteiger partial charge in [0.2, 0.25) is 5.28 Å². The third-order valence-corrected chi connectivity index (χ3v) is 2.06. The van der Waals surface area contributed by atoms with E-state index in [2.05, 4.69) is 15.0 Å². The summed E-state index contributed by atoms with van der Waals surface area (Å²) >= 11 is 10.9. The summed E-state index contributed by atoms with van der Waals surface area (Å²) in [6, 6.07) is 0. The van der Waals surface area contributed by atoms with Crippen LogP contribution >= 0.6 is 23.2 Å². The van der Waals surface area contributed by atoms with Gasteiger partial charge in [-0.2, -0.15) is 0 Å². The van der Waals surface area contributed by atoms with Gasteiger partial charge in [0.05, 0.1) is 5.39 Å². The quantitative estimate of drug-likeness (QED) is 0.558. The summed E-state index contributed by atoms with van der Waals surface area (Å²) in [6.45, 7) is 0. The molecule has 1 N–H and O–H groups in total. The number of nitrogens with one attached hydrogen (secondary N) is 1. The molecular weight excluding hydrogens is 232 g/mol. The second-order valence-corrected chi connectivity index (χ2v) is 3.20. The molecule has 0 bridgehead atoms. The van der Waals surface area contributed by atoms with Gasteiger partial charge in [0.15, 0.2) is 11.0 Å². The van der Waals surface area contributed by atoms with Crippen molar-refractivity contribution in [1.82, 2.24) is 15.0 Å². The molecule has 0 unspecified atom stereocenters. The fourth-order valence-electron chi connectivity index (χ4n) is 1.02. The Kier molecular flexibility index (Phi) is 2.13. The van der Waals surface area contributed by atoms with Gasteiger partial charge in [0, 0.05) is 6.20 Å². The third-order valence-electron chi connectivity index (χ3n) is 1.62. The Morgan fingerprint density at radius 1 is 1.43 bits per heavy atom. The van der Waals surface area contributed by atoms with Gasteiger partial charge in [-0.3, -0.25) is 9.78 Å². The highest BCUT2D eigenvalue weighted by molar-refractivity contribution is 6.30. The van der Waals surface area contributed by atoms with E-state index in [0.717, 1.165) is 6.20 Å². The van der Waals surface area contributed by atoms with Crippen LogP contribution in [0, 0.1) is 5.82 Å². The fraction of sp³-hybridized carbons (Fsp3) is 0. The molecule has 0 radical (unpaired) electrons. The van der Waals surface area contributed by atoms with Gasteiger partial charge in [0.25, 0.3) is 5.56 Å². The van der Waals surface area contributed by atoms with E-state index < -0.39 is 11.4 Å². The zero-order valence-corrected chi connectivity index (χ0v) is 8.03. The molecule has 2 aromatic heterocycles. The maximum absolute atomic E-state index is 13.3. The molecule has 0 saturated carbocycles. The molecule has 7 heteroatoms. The number of halogens is 3. The van der Waals surface area contributed by atoms with Crippen LogP contribution in [-0.2, 0) is 0 Å². The summed E-state index contributed by atoms with van der Waals surface area (Å²) in [4.78, 5) is 20.5. The van der Waals surface area contributed by atoms with Crippen LogP contribution in [0.25, 0.3) is 10.9 Å². The molecule has 4 nitrogen and oxygen atoms in total. The van der Waals surface area contributed by atoms with Crippen molar-refractivity contribution in [2.75, 3.05) is 0 Å². The summed E-state index contributed by atoms with van der Waals surface area (Å²) in [5, 5.41) is -0.522. The second kappa shape index (κ2) is 3.18. The summed E-state index contributed by atoms with van der Waals surface area (Å²) in [7, 11) is 0. The van der Waals surface area contributed by atoms with E-state index in [9.17, 15) is 9.18 Å². The van der Waals surface area contributed by atoms with Crippen molar-refractivity contribution in [2.24, 2.45) is 0 Å². The number of nitrogens with zero attached hydrogens (tertiary/aromatic N) is 2. The normalized spacial score (nSPS) is 10.8. The van der Waals surface area contributed by atoms with Crippen molar-refractivity contribution in [3.05, 3.63) is 32.8 Å². The van der Waals surface area contributed by atoms with Crippen molar-refractivity contribution >= 4 is 34.1 Å². The summed E-state index contributed by atoms with van der Waals surface area (Å²) in [5.41, 5.74) is -0.734.